The van der Waals surface area contributed by atoms with Crippen LogP contribution in [0.4, 0.5) is 17.1 Å². The van der Waals surface area contributed by atoms with Crippen LogP contribution in [0.5, 0.6) is 0 Å². The zero-order chi connectivity index (χ0) is 33.7. The SMILES string of the molecule is CCc1ccc2cccc3c2c1C1(c2ccccc2-c2ccc(N(c4ccccc4)c4cccc5sc6ccccc6c45)cc21)c1ccccc1-3. The van der Waals surface area contributed by atoms with Crippen molar-refractivity contribution in [2.24, 2.45) is 0 Å². The zero-order valence-electron chi connectivity index (χ0n) is 28.2. The van der Waals surface area contributed by atoms with E-state index in [1.807, 2.05) is 11.3 Å². The number of hydrogen-bond donors (Lipinski definition) is 0. The Labute approximate surface area is 301 Å². The van der Waals surface area contributed by atoms with Gasteiger partial charge < -0.3 is 4.90 Å². The van der Waals surface area contributed by atoms with Gasteiger partial charge in [0.2, 0.25) is 0 Å². The number of hydrogen-bond acceptors (Lipinski definition) is 2. The van der Waals surface area contributed by atoms with Crippen molar-refractivity contribution >= 4 is 59.3 Å². The minimum Gasteiger partial charge on any atom is -0.310 e. The molecule has 1 aromatic heterocycles. The molecule has 0 saturated carbocycles. The average molecular weight is 668 g/mol. The van der Waals surface area contributed by atoms with Gasteiger partial charge in [-0.25, -0.2) is 0 Å². The van der Waals surface area contributed by atoms with E-state index in [-0.39, 0.29) is 0 Å². The summed E-state index contributed by atoms with van der Waals surface area (Å²) in [4.78, 5) is 2.49. The molecular formula is C49H33NS. The van der Waals surface area contributed by atoms with E-state index in [4.69, 9.17) is 0 Å². The highest BCUT2D eigenvalue weighted by Gasteiger charge is 2.51. The Morgan fingerprint density at radius 2 is 1.16 bits per heavy atom. The van der Waals surface area contributed by atoms with Crippen LogP contribution in [0.25, 0.3) is 53.2 Å². The molecule has 1 atom stereocenters. The van der Waals surface area contributed by atoms with Gasteiger partial charge in [-0.3, -0.25) is 0 Å². The maximum Gasteiger partial charge on any atom is 0.0729 e. The van der Waals surface area contributed by atoms with Crippen LogP contribution in [0.3, 0.4) is 0 Å². The number of para-hydroxylation sites is 1. The van der Waals surface area contributed by atoms with Gasteiger partial charge in [-0.05, 0) is 110 Å². The average Bonchev–Trinajstić information content (AvgIpc) is 3.71. The van der Waals surface area contributed by atoms with Crippen LogP contribution < -0.4 is 4.90 Å². The lowest BCUT2D eigenvalue weighted by molar-refractivity contribution is 0.759. The lowest BCUT2D eigenvalue weighted by Gasteiger charge is -2.41. The molecule has 51 heavy (non-hydrogen) atoms. The predicted octanol–water partition coefficient (Wildman–Crippen LogP) is 13.6. The Morgan fingerprint density at radius 1 is 0.490 bits per heavy atom. The zero-order valence-corrected chi connectivity index (χ0v) is 29.0. The van der Waals surface area contributed by atoms with Crippen LogP contribution in [0.2, 0.25) is 0 Å². The number of benzene rings is 8. The van der Waals surface area contributed by atoms with Crippen LogP contribution in [0.1, 0.15) is 34.7 Å². The fourth-order valence-electron chi connectivity index (χ4n) is 9.46. The first-order chi connectivity index (χ1) is 25.3. The van der Waals surface area contributed by atoms with Gasteiger partial charge in [-0.1, -0.05) is 134 Å². The van der Waals surface area contributed by atoms with Crippen LogP contribution in [0, 0.1) is 0 Å². The summed E-state index contributed by atoms with van der Waals surface area (Å²) in [7, 11) is 0. The Morgan fingerprint density at radius 3 is 1.98 bits per heavy atom. The quantitative estimate of drug-likeness (QED) is 0.181. The van der Waals surface area contributed by atoms with Gasteiger partial charge in [-0.2, -0.15) is 0 Å². The second-order valence-electron chi connectivity index (χ2n) is 13.8. The normalized spacial score (nSPS) is 15.3. The van der Waals surface area contributed by atoms with Gasteiger partial charge in [0.15, 0.2) is 0 Å². The third-order valence-electron chi connectivity index (χ3n) is 11.4. The molecule has 0 N–H and O–H groups in total. The summed E-state index contributed by atoms with van der Waals surface area (Å²) < 4.78 is 2.62. The van der Waals surface area contributed by atoms with Crippen LogP contribution in [-0.2, 0) is 11.8 Å². The van der Waals surface area contributed by atoms with E-state index in [1.54, 1.807) is 0 Å². The molecule has 240 valence electrons. The fourth-order valence-corrected chi connectivity index (χ4v) is 10.6. The highest BCUT2D eigenvalue weighted by molar-refractivity contribution is 7.26. The lowest BCUT2D eigenvalue weighted by atomic mass is 9.60. The topological polar surface area (TPSA) is 3.24 Å². The predicted molar refractivity (Wildman–Crippen MR) is 217 cm³/mol. The molecule has 2 aliphatic carbocycles. The molecule has 0 radical (unpaired) electrons. The van der Waals surface area contributed by atoms with E-state index in [1.165, 1.54) is 86.7 Å². The van der Waals surface area contributed by atoms with Crippen molar-refractivity contribution in [3.63, 3.8) is 0 Å². The molecule has 9 aromatic rings. The molecule has 11 rings (SSSR count). The third-order valence-corrected chi connectivity index (χ3v) is 12.6. The van der Waals surface area contributed by atoms with Crippen molar-refractivity contribution in [2.75, 3.05) is 4.90 Å². The van der Waals surface area contributed by atoms with Gasteiger partial charge in [0.1, 0.15) is 0 Å². The number of thiophene rings is 1. The maximum absolute atomic E-state index is 2.53. The smallest absolute Gasteiger partial charge is 0.0729 e. The minimum atomic E-state index is -0.471. The number of aryl methyl sites for hydroxylation is 1. The van der Waals surface area contributed by atoms with E-state index in [2.05, 4.69) is 182 Å². The minimum absolute atomic E-state index is 0.471. The number of anilines is 3. The van der Waals surface area contributed by atoms with Crippen molar-refractivity contribution in [2.45, 2.75) is 18.8 Å². The maximum atomic E-state index is 2.53. The monoisotopic (exact) mass is 667 g/mol. The first-order valence-electron chi connectivity index (χ1n) is 17.9. The summed E-state index contributed by atoms with van der Waals surface area (Å²) in [5.74, 6) is 0. The Bertz CT molecular complexity index is 2860. The summed E-state index contributed by atoms with van der Waals surface area (Å²) in [6.07, 6.45) is 0.962. The second-order valence-corrected chi connectivity index (χ2v) is 14.9. The molecule has 0 bridgehead atoms. The Hall–Kier alpha value is -5.96. The molecule has 0 saturated heterocycles. The van der Waals surface area contributed by atoms with Gasteiger partial charge in [-0.15, -0.1) is 11.3 Å². The van der Waals surface area contributed by atoms with E-state index in [0.29, 0.717) is 0 Å². The first kappa shape index (κ1) is 28.8. The number of nitrogens with zero attached hydrogens (tertiary/aromatic N) is 1. The van der Waals surface area contributed by atoms with Crippen molar-refractivity contribution in [1.29, 1.82) is 0 Å². The summed E-state index contributed by atoms with van der Waals surface area (Å²) in [6.45, 7) is 2.32. The highest BCUT2D eigenvalue weighted by atomic mass is 32.1. The number of rotatable bonds is 4. The standard InChI is InChI=1S/C49H33NS/c1-2-31-26-27-32-14-12-20-38-36-18-7-10-22-41(36)49(48(31)46(32)38)40-21-9-6-17-35(40)37-29-28-34(30-42(37)49)50(33-15-4-3-5-16-33)43-23-13-25-45-47(43)39-19-8-11-24-44(39)51-45/h3-30H,2H2,1H3. The molecule has 1 heterocycles. The molecule has 2 aliphatic rings. The first-order valence-corrected chi connectivity index (χ1v) is 18.7. The van der Waals surface area contributed by atoms with Crippen LogP contribution in [-0.4, -0.2) is 0 Å². The van der Waals surface area contributed by atoms with Gasteiger partial charge in [0, 0.05) is 31.5 Å². The molecule has 1 unspecified atom stereocenters. The van der Waals surface area contributed by atoms with Crippen LogP contribution in [0.15, 0.2) is 170 Å². The largest absolute Gasteiger partial charge is 0.310 e. The van der Waals surface area contributed by atoms with E-state index >= 15 is 0 Å². The summed E-state index contributed by atoms with van der Waals surface area (Å²) in [6, 6.07) is 63.7. The molecule has 2 heteroatoms. The summed E-state index contributed by atoms with van der Waals surface area (Å²) >= 11 is 1.87. The third kappa shape index (κ3) is 3.80. The molecule has 0 fully saturated rings. The molecule has 1 spiro atoms. The van der Waals surface area contributed by atoms with E-state index in [9.17, 15) is 0 Å². The van der Waals surface area contributed by atoms with E-state index < -0.39 is 5.41 Å². The van der Waals surface area contributed by atoms with Crippen molar-refractivity contribution < 1.29 is 0 Å². The molecular weight excluding hydrogens is 635 g/mol. The van der Waals surface area contributed by atoms with Gasteiger partial charge >= 0.3 is 0 Å². The highest BCUT2D eigenvalue weighted by Crippen LogP contribution is 2.63. The van der Waals surface area contributed by atoms with E-state index in [0.717, 1.165) is 17.8 Å². The van der Waals surface area contributed by atoms with Gasteiger partial charge in [0.25, 0.3) is 0 Å². The summed E-state index contributed by atoms with van der Waals surface area (Å²) in [5, 5.41) is 5.29. The van der Waals surface area contributed by atoms with Crippen molar-refractivity contribution in [3.05, 3.63) is 198 Å². The second kappa shape index (κ2) is 10.8. The van der Waals surface area contributed by atoms with Crippen molar-refractivity contribution in [1.82, 2.24) is 0 Å². The summed E-state index contributed by atoms with van der Waals surface area (Å²) in [5.41, 5.74) is 15.3. The Balaban J connectivity index is 1.28. The van der Waals surface area contributed by atoms with Crippen LogP contribution >= 0.6 is 11.3 Å². The molecule has 0 amide bonds. The Kier molecular flexibility index (Phi) is 6.09. The molecule has 8 aromatic carbocycles. The molecule has 0 aliphatic heterocycles. The fraction of sp³-hybridized carbons (Fsp3) is 0.0612. The lowest BCUT2D eigenvalue weighted by Crippen LogP contribution is -2.33. The van der Waals surface area contributed by atoms with Crippen molar-refractivity contribution in [3.8, 4) is 22.3 Å². The van der Waals surface area contributed by atoms with Gasteiger partial charge in [0.05, 0.1) is 11.1 Å². The molecule has 1 nitrogen and oxygen atoms in total. The number of fused-ring (bicyclic) bond motifs is 12.